The average molecular weight is 438 g/mol. The average Bonchev–Trinajstić information content (AvgIpc) is 2.59. The van der Waals surface area contributed by atoms with Gasteiger partial charge in [0.15, 0.2) is 5.96 Å². The summed E-state index contributed by atoms with van der Waals surface area (Å²) < 4.78 is 0. The minimum absolute atomic E-state index is 0. The molecule has 1 heterocycles. The predicted molar refractivity (Wildman–Crippen MR) is 112 cm³/mol. The summed E-state index contributed by atoms with van der Waals surface area (Å²) in [4.78, 5) is 8.42. The van der Waals surface area contributed by atoms with Crippen molar-refractivity contribution in [3.05, 3.63) is 65.0 Å². The quantitative estimate of drug-likeness (QED) is 0.413. The summed E-state index contributed by atoms with van der Waals surface area (Å²) in [5.41, 5.74) is 5.25. The number of aryl methyl sites for hydroxylation is 2. The Hall–Kier alpha value is -1.63. The molecule has 0 radical (unpaired) electrons. The van der Waals surface area contributed by atoms with Crippen LogP contribution in [0.4, 0.5) is 0 Å². The third-order valence-electron chi connectivity index (χ3n) is 3.99. The SMILES string of the molecule is CCc1ccccc1CNC(=NC)NCCc1ccncc1C.I. The molecule has 0 aliphatic carbocycles. The highest BCUT2D eigenvalue weighted by atomic mass is 127. The number of hydrogen-bond acceptors (Lipinski definition) is 2. The Morgan fingerprint density at radius 3 is 2.50 bits per heavy atom. The van der Waals surface area contributed by atoms with Gasteiger partial charge in [0.05, 0.1) is 0 Å². The van der Waals surface area contributed by atoms with E-state index in [0.29, 0.717) is 0 Å². The van der Waals surface area contributed by atoms with Gasteiger partial charge in [0, 0.05) is 32.5 Å². The predicted octanol–water partition coefficient (Wildman–Crippen LogP) is 3.48. The number of aromatic nitrogens is 1. The van der Waals surface area contributed by atoms with Gasteiger partial charge in [0.25, 0.3) is 0 Å². The first-order valence-corrected chi connectivity index (χ1v) is 8.15. The summed E-state index contributed by atoms with van der Waals surface area (Å²) in [6, 6.07) is 10.6. The first-order chi connectivity index (χ1) is 11.2. The van der Waals surface area contributed by atoms with Gasteiger partial charge in [-0.1, -0.05) is 31.2 Å². The molecule has 0 spiro atoms. The van der Waals surface area contributed by atoms with E-state index < -0.39 is 0 Å². The fourth-order valence-electron chi connectivity index (χ4n) is 2.57. The molecule has 130 valence electrons. The molecule has 0 aliphatic rings. The number of pyridine rings is 1. The molecule has 2 aromatic rings. The van der Waals surface area contributed by atoms with E-state index in [1.165, 1.54) is 22.3 Å². The van der Waals surface area contributed by atoms with Crippen LogP contribution in [0.25, 0.3) is 0 Å². The first kappa shape index (κ1) is 20.4. The molecule has 1 aromatic carbocycles. The van der Waals surface area contributed by atoms with Crippen LogP contribution in [0, 0.1) is 6.92 Å². The first-order valence-electron chi connectivity index (χ1n) is 8.15. The second-order valence-electron chi connectivity index (χ2n) is 5.53. The zero-order valence-corrected chi connectivity index (χ0v) is 17.0. The smallest absolute Gasteiger partial charge is 0.191 e. The van der Waals surface area contributed by atoms with Gasteiger partial charge >= 0.3 is 0 Å². The van der Waals surface area contributed by atoms with Crippen LogP contribution in [0.3, 0.4) is 0 Å². The summed E-state index contributed by atoms with van der Waals surface area (Å²) in [5.74, 6) is 0.836. The van der Waals surface area contributed by atoms with Crippen molar-refractivity contribution in [2.24, 2.45) is 4.99 Å². The van der Waals surface area contributed by atoms with Crippen LogP contribution in [-0.4, -0.2) is 24.5 Å². The lowest BCUT2D eigenvalue weighted by atomic mass is 10.1. The Morgan fingerprint density at radius 2 is 1.83 bits per heavy atom. The second kappa shape index (κ2) is 11.0. The van der Waals surface area contributed by atoms with Crippen molar-refractivity contribution in [2.45, 2.75) is 33.2 Å². The van der Waals surface area contributed by atoms with Crippen molar-refractivity contribution in [2.75, 3.05) is 13.6 Å². The van der Waals surface area contributed by atoms with Crippen LogP contribution in [-0.2, 0) is 19.4 Å². The molecule has 0 fully saturated rings. The van der Waals surface area contributed by atoms with Crippen LogP contribution >= 0.6 is 24.0 Å². The molecule has 0 bridgehead atoms. The summed E-state index contributed by atoms with van der Waals surface area (Å²) >= 11 is 0. The Bertz CT molecular complexity index is 655. The number of halogens is 1. The van der Waals surface area contributed by atoms with E-state index >= 15 is 0 Å². The molecule has 2 rings (SSSR count). The van der Waals surface area contributed by atoms with Gasteiger partial charge < -0.3 is 10.6 Å². The number of nitrogens with one attached hydrogen (secondary N) is 2. The molecule has 2 N–H and O–H groups in total. The minimum atomic E-state index is 0. The van der Waals surface area contributed by atoms with E-state index in [-0.39, 0.29) is 24.0 Å². The van der Waals surface area contributed by atoms with Crippen molar-refractivity contribution in [1.82, 2.24) is 15.6 Å². The lowest BCUT2D eigenvalue weighted by Gasteiger charge is -2.14. The highest BCUT2D eigenvalue weighted by Crippen LogP contribution is 2.09. The van der Waals surface area contributed by atoms with Crippen molar-refractivity contribution in [1.29, 1.82) is 0 Å². The van der Waals surface area contributed by atoms with E-state index in [9.17, 15) is 0 Å². The number of hydrogen-bond donors (Lipinski definition) is 2. The number of aliphatic imine (C=N–C) groups is 1. The Kier molecular flexibility index (Phi) is 9.37. The third kappa shape index (κ3) is 6.11. The van der Waals surface area contributed by atoms with E-state index in [0.717, 1.165) is 31.9 Å². The summed E-state index contributed by atoms with van der Waals surface area (Å²) in [6.07, 6.45) is 5.76. The number of guanidine groups is 1. The second-order valence-corrected chi connectivity index (χ2v) is 5.53. The van der Waals surface area contributed by atoms with Crippen molar-refractivity contribution in [3.63, 3.8) is 0 Å². The van der Waals surface area contributed by atoms with E-state index in [4.69, 9.17) is 0 Å². The third-order valence-corrected chi connectivity index (χ3v) is 3.99. The molecule has 0 saturated heterocycles. The molecular formula is C19H27IN4. The standard InChI is InChI=1S/C19H26N4.HI/c1-4-16-7-5-6-8-18(16)14-23-19(20-3)22-12-10-17-9-11-21-13-15(17)2;/h5-9,11,13H,4,10,12,14H2,1-3H3,(H2,20,22,23);1H. The fourth-order valence-corrected chi connectivity index (χ4v) is 2.57. The van der Waals surface area contributed by atoms with Crippen molar-refractivity contribution >= 4 is 29.9 Å². The molecule has 4 nitrogen and oxygen atoms in total. The maximum absolute atomic E-state index is 4.29. The van der Waals surface area contributed by atoms with Crippen LogP contribution in [0.1, 0.15) is 29.2 Å². The van der Waals surface area contributed by atoms with E-state index in [1.54, 1.807) is 7.05 Å². The van der Waals surface area contributed by atoms with Gasteiger partial charge in [0.2, 0.25) is 0 Å². The number of benzene rings is 1. The van der Waals surface area contributed by atoms with Crippen LogP contribution in [0.2, 0.25) is 0 Å². The Labute approximate surface area is 162 Å². The molecule has 24 heavy (non-hydrogen) atoms. The molecule has 1 aromatic heterocycles. The molecule has 0 unspecified atom stereocenters. The molecule has 0 amide bonds. The van der Waals surface area contributed by atoms with Crippen LogP contribution in [0.5, 0.6) is 0 Å². The summed E-state index contributed by atoms with van der Waals surface area (Å²) in [7, 11) is 1.80. The lowest BCUT2D eigenvalue weighted by Crippen LogP contribution is -2.38. The van der Waals surface area contributed by atoms with E-state index in [2.05, 4.69) is 64.8 Å². The van der Waals surface area contributed by atoms with Gasteiger partial charge in [-0.2, -0.15) is 0 Å². The Balaban J connectivity index is 0.00000288. The Morgan fingerprint density at radius 1 is 1.08 bits per heavy atom. The lowest BCUT2D eigenvalue weighted by molar-refractivity contribution is 0.787. The van der Waals surface area contributed by atoms with Crippen molar-refractivity contribution in [3.8, 4) is 0 Å². The zero-order chi connectivity index (χ0) is 16.5. The van der Waals surface area contributed by atoms with Gasteiger partial charge in [-0.3, -0.25) is 9.98 Å². The molecule has 0 aliphatic heterocycles. The monoisotopic (exact) mass is 438 g/mol. The summed E-state index contributed by atoms with van der Waals surface area (Å²) in [5, 5.41) is 6.76. The van der Waals surface area contributed by atoms with Gasteiger partial charge in [0.1, 0.15) is 0 Å². The van der Waals surface area contributed by atoms with Gasteiger partial charge in [-0.25, -0.2) is 0 Å². The molecule has 0 atom stereocenters. The fraction of sp³-hybridized carbons (Fsp3) is 0.368. The van der Waals surface area contributed by atoms with Crippen LogP contribution in [0.15, 0.2) is 47.7 Å². The summed E-state index contributed by atoms with van der Waals surface area (Å²) in [6.45, 7) is 5.91. The van der Waals surface area contributed by atoms with Gasteiger partial charge in [-0.05, 0) is 48.1 Å². The molecule has 5 heteroatoms. The highest BCUT2D eigenvalue weighted by molar-refractivity contribution is 14.0. The normalized spacial score (nSPS) is 10.9. The highest BCUT2D eigenvalue weighted by Gasteiger charge is 2.03. The number of nitrogens with zero attached hydrogens (tertiary/aromatic N) is 2. The maximum atomic E-state index is 4.29. The van der Waals surface area contributed by atoms with Gasteiger partial charge in [-0.15, -0.1) is 24.0 Å². The van der Waals surface area contributed by atoms with E-state index in [1.807, 2.05) is 12.4 Å². The largest absolute Gasteiger partial charge is 0.356 e. The molecular weight excluding hydrogens is 411 g/mol. The van der Waals surface area contributed by atoms with Crippen LogP contribution < -0.4 is 10.6 Å². The minimum Gasteiger partial charge on any atom is -0.356 e. The maximum Gasteiger partial charge on any atom is 0.191 e. The zero-order valence-electron chi connectivity index (χ0n) is 14.7. The topological polar surface area (TPSA) is 49.3 Å². The number of rotatable bonds is 6. The molecule has 0 saturated carbocycles. The van der Waals surface area contributed by atoms with Crippen molar-refractivity contribution < 1.29 is 0 Å².